The highest BCUT2D eigenvalue weighted by Gasteiger charge is 2.31. The number of methoxy groups -OCH3 is 1. The Labute approximate surface area is 149 Å². The maximum atomic E-state index is 11.8. The molecule has 0 spiro atoms. The Morgan fingerprint density at radius 1 is 1.48 bits per heavy atom. The molecule has 130 valence electrons. The van der Waals surface area contributed by atoms with E-state index in [9.17, 15) is 4.79 Å². The molecule has 1 aliphatic heterocycles. The number of ether oxygens (including phenoxy) is 1. The lowest BCUT2D eigenvalue weighted by atomic mass is 9.88. The third kappa shape index (κ3) is 5.35. The molecule has 1 aromatic rings. The lowest BCUT2D eigenvalue weighted by molar-refractivity contribution is -0.151. The first-order valence-electron chi connectivity index (χ1n) is 7.73. The second-order valence-corrected chi connectivity index (χ2v) is 6.87. The fraction of sp³-hybridized carbons (Fsp3) is 0.588. The first-order chi connectivity index (χ1) is 10.4. The van der Waals surface area contributed by atoms with Crippen molar-refractivity contribution in [1.29, 1.82) is 0 Å². The van der Waals surface area contributed by atoms with Gasteiger partial charge in [0.05, 0.1) is 12.5 Å². The highest BCUT2D eigenvalue weighted by Crippen LogP contribution is 2.28. The molecule has 0 aliphatic carbocycles. The van der Waals surface area contributed by atoms with Crippen molar-refractivity contribution in [2.45, 2.75) is 26.3 Å². The number of esters is 1. The Morgan fingerprint density at radius 3 is 2.87 bits per heavy atom. The largest absolute Gasteiger partial charge is 0.469 e. The molecule has 0 amide bonds. The third-order valence-electron chi connectivity index (χ3n) is 4.35. The van der Waals surface area contributed by atoms with Crippen molar-refractivity contribution >= 4 is 30.0 Å². The number of piperazine rings is 1. The van der Waals surface area contributed by atoms with Gasteiger partial charge >= 0.3 is 5.97 Å². The molecule has 1 saturated heterocycles. The fourth-order valence-electron chi connectivity index (χ4n) is 2.86. The molecule has 1 aliphatic rings. The van der Waals surface area contributed by atoms with Crippen molar-refractivity contribution in [3.05, 3.63) is 34.9 Å². The predicted octanol–water partition coefficient (Wildman–Crippen LogP) is 3.30. The van der Waals surface area contributed by atoms with E-state index in [-0.39, 0.29) is 18.4 Å². The van der Waals surface area contributed by atoms with Crippen LogP contribution in [0, 0.1) is 5.41 Å². The summed E-state index contributed by atoms with van der Waals surface area (Å²) in [4.78, 5) is 14.3. The van der Waals surface area contributed by atoms with E-state index in [4.69, 9.17) is 16.3 Å². The van der Waals surface area contributed by atoms with Crippen LogP contribution in [0.3, 0.4) is 0 Å². The van der Waals surface area contributed by atoms with Gasteiger partial charge in [0.1, 0.15) is 0 Å². The minimum atomic E-state index is -0.460. The van der Waals surface area contributed by atoms with Crippen LogP contribution in [0.5, 0.6) is 0 Å². The number of nitrogens with one attached hydrogen (secondary N) is 1. The summed E-state index contributed by atoms with van der Waals surface area (Å²) in [5.74, 6) is -0.151. The van der Waals surface area contributed by atoms with E-state index in [1.54, 1.807) is 0 Å². The number of nitrogens with zero attached hydrogens (tertiary/aromatic N) is 1. The van der Waals surface area contributed by atoms with Crippen LogP contribution in [0.4, 0.5) is 0 Å². The van der Waals surface area contributed by atoms with Crippen molar-refractivity contribution in [2.75, 3.05) is 33.3 Å². The van der Waals surface area contributed by atoms with Crippen molar-refractivity contribution in [3.63, 3.8) is 0 Å². The van der Waals surface area contributed by atoms with Gasteiger partial charge in [-0.1, -0.05) is 23.7 Å². The van der Waals surface area contributed by atoms with Gasteiger partial charge in [-0.25, -0.2) is 0 Å². The zero-order valence-electron chi connectivity index (χ0n) is 14.0. The minimum Gasteiger partial charge on any atom is -0.469 e. The molecule has 0 radical (unpaired) electrons. The van der Waals surface area contributed by atoms with Crippen LogP contribution in [0.15, 0.2) is 24.3 Å². The number of benzene rings is 1. The highest BCUT2D eigenvalue weighted by atomic mass is 35.5. The van der Waals surface area contributed by atoms with Crippen LogP contribution in [0.2, 0.25) is 5.02 Å². The van der Waals surface area contributed by atoms with Gasteiger partial charge in [0, 0.05) is 30.7 Å². The number of carbonyl (C=O) groups excluding carboxylic acids is 1. The van der Waals surface area contributed by atoms with Gasteiger partial charge in [-0.2, -0.15) is 0 Å². The van der Waals surface area contributed by atoms with Crippen LogP contribution >= 0.6 is 24.0 Å². The average Bonchev–Trinajstić information content (AvgIpc) is 2.52. The van der Waals surface area contributed by atoms with Gasteiger partial charge in [0.15, 0.2) is 0 Å². The van der Waals surface area contributed by atoms with Gasteiger partial charge in [-0.3, -0.25) is 9.69 Å². The summed E-state index contributed by atoms with van der Waals surface area (Å²) in [6.07, 6.45) is 0.775. The molecule has 1 atom stereocenters. The van der Waals surface area contributed by atoms with Gasteiger partial charge in [0.2, 0.25) is 0 Å². The Morgan fingerprint density at radius 2 is 2.22 bits per heavy atom. The lowest BCUT2D eigenvalue weighted by Crippen LogP contribution is -2.47. The molecule has 1 unspecified atom stereocenters. The molecule has 1 heterocycles. The van der Waals surface area contributed by atoms with E-state index in [1.807, 2.05) is 32.0 Å². The van der Waals surface area contributed by atoms with Gasteiger partial charge < -0.3 is 10.1 Å². The van der Waals surface area contributed by atoms with Crippen molar-refractivity contribution in [2.24, 2.45) is 5.41 Å². The smallest absolute Gasteiger partial charge is 0.311 e. The predicted molar refractivity (Wildman–Crippen MR) is 96.3 cm³/mol. The van der Waals surface area contributed by atoms with E-state index in [2.05, 4.69) is 16.3 Å². The molecular formula is C17H26Cl2N2O2. The van der Waals surface area contributed by atoms with E-state index >= 15 is 0 Å². The number of carbonyl (C=O) groups is 1. The summed E-state index contributed by atoms with van der Waals surface area (Å²) >= 11 is 6.12. The highest BCUT2D eigenvalue weighted by molar-refractivity contribution is 6.30. The normalized spacial score (nSPS) is 19.0. The number of rotatable bonds is 5. The summed E-state index contributed by atoms with van der Waals surface area (Å²) < 4.78 is 4.89. The van der Waals surface area contributed by atoms with E-state index < -0.39 is 5.41 Å². The fourth-order valence-corrected chi connectivity index (χ4v) is 3.06. The summed E-state index contributed by atoms with van der Waals surface area (Å²) in [7, 11) is 1.45. The van der Waals surface area contributed by atoms with Gasteiger partial charge in [-0.05, 0) is 44.5 Å². The summed E-state index contributed by atoms with van der Waals surface area (Å²) in [6.45, 7) is 7.58. The molecule has 0 saturated carbocycles. The van der Waals surface area contributed by atoms with Crippen LogP contribution in [-0.2, 0) is 9.53 Å². The average molecular weight is 361 g/mol. The Balaban J connectivity index is 0.00000264. The molecule has 0 aromatic heterocycles. The zero-order valence-corrected chi connectivity index (χ0v) is 15.5. The first-order valence-corrected chi connectivity index (χ1v) is 8.10. The molecule has 4 nitrogen and oxygen atoms in total. The van der Waals surface area contributed by atoms with Crippen molar-refractivity contribution in [1.82, 2.24) is 10.2 Å². The summed E-state index contributed by atoms with van der Waals surface area (Å²) in [6, 6.07) is 8.31. The third-order valence-corrected chi connectivity index (χ3v) is 4.58. The van der Waals surface area contributed by atoms with Crippen molar-refractivity contribution in [3.8, 4) is 0 Å². The van der Waals surface area contributed by atoms with E-state index in [1.165, 1.54) is 12.7 Å². The van der Waals surface area contributed by atoms with Crippen molar-refractivity contribution < 1.29 is 9.53 Å². The maximum absolute atomic E-state index is 11.8. The molecule has 1 aromatic carbocycles. The number of hydrogen-bond acceptors (Lipinski definition) is 4. The quantitative estimate of drug-likeness (QED) is 0.818. The first kappa shape index (κ1) is 20.2. The second-order valence-electron chi connectivity index (χ2n) is 6.44. The Bertz CT molecular complexity index is 523. The standard InChI is InChI=1S/C17H25ClN2O2.ClH/c1-17(2,16(21)22-3)7-9-20-10-8-19-12-15(20)13-5-4-6-14(18)11-13;/h4-6,11,15,19H,7-10,12H2,1-3H3;1H. The van der Waals surface area contributed by atoms with Gasteiger partial charge in [-0.15, -0.1) is 12.4 Å². The molecule has 2 rings (SSSR count). The monoisotopic (exact) mass is 360 g/mol. The van der Waals surface area contributed by atoms with Crippen LogP contribution in [0.25, 0.3) is 0 Å². The van der Waals surface area contributed by atoms with E-state index in [0.29, 0.717) is 6.04 Å². The van der Waals surface area contributed by atoms with Gasteiger partial charge in [0.25, 0.3) is 0 Å². The van der Waals surface area contributed by atoms with Crippen LogP contribution < -0.4 is 5.32 Å². The topological polar surface area (TPSA) is 41.6 Å². The van der Waals surface area contributed by atoms with Crippen LogP contribution in [-0.4, -0.2) is 44.2 Å². The molecule has 6 heteroatoms. The van der Waals surface area contributed by atoms with E-state index in [0.717, 1.165) is 37.6 Å². The molecule has 1 N–H and O–H groups in total. The lowest BCUT2D eigenvalue weighted by Gasteiger charge is -2.38. The zero-order chi connectivity index (χ0) is 16.2. The molecule has 1 fully saturated rings. The number of hydrogen-bond donors (Lipinski definition) is 1. The molecule has 23 heavy (non-hydrogen) atoms. The summed E-state index contributed by atoms with van der Waals surface area (Å²) in [5, 5.41) is 4.20. The Hall–Kier alpha value is -0.810. The molecular weight excluding hydrogens is 335 g/mol. The number of halogens is 2. The maximum Gasteiger partial charge on any atom is 0.311 e. The minimum absolute atomic E-state index is 0. The Kier molecular flexibility index (Phi) is 7.81. The molecule has 0 bridgehead atoms. The van der Waals surface area contributed by atoms with Crippen LogP contribution in [0.1, 0.15) is 31.9 Å². The summed E-state index contributed by atoms with van der Waals surface area (Å²) in [5.41, 5.74) is 0.758. The second kappa shape index (κ2) is 8.88. The SMILES string of the molecule is COC(=O)C(C)(C)CCN1CCNCC1c1cccc(Cl)c1.Cl.